The average Bonchev–Trinajstić information content (AvgIpc) is 2.55. The molecule has 0 atom stereocenters. The van der Waals surface area contributed by atoms with E-state index in [1.54, 1.807) is 41.3 Å². The Kier molecular flexibility index (Phi) is 6.15. The van der Waals surface area contributed by atoms with Gasteiger partial charge in [-0.25, -0.2) is 8.42 Å². The number of nitrogens with zero attached hydrogens (tertiary/aromatic N) is 2. The summed E-state index contributed by atoms with van der Waals surface area (Å²) in [5.41, 5.74) is 0. The van der Waals surface area contributed by atoms with E-state index in [0.29, 0.717) is 26.2 Å². The number of carbonyl (C=O) groups excluding carboxylic acids is 1. The van der Waals surface area contributed by atoms with Crippen molar-refractivity contribution in [1.82, 2.24) is 9.21 Å². The summed E-state index contributed by atoms with van der Waals surface area (Å²) in [6, 6.07) is 6.57. The van der Waals surface area contributed by atoms with Gasteiger partial charge in [0.25, 0.3) is 0 Å². The number of sulfonamides is 1. The van der Waals surface area contributed by atoms with Gasteiger partial charge in [0.2, 0.25) is 15.9 Å². The van der Waals surface area contributed by atoms with E-state index in [2.05, 4.69) is 15.9 Å². The average molecular weight is 399 g/mol. The van der Waals surface area contributed by atoms with Crippen molar-refractivity contribution in [1.29, 1.82) is 0 Å². The van der Waals surface area contributed by atoms with Crippen LogP contribution < -0.4 is 0 Å². The maximum absolute atomic E-state index is 12.6. The van der Waals surface area contributed by atoms with Gasteiger partial charge in [-0.05, 0) is 31.2 Å². The number of hydrogen-bond donors (Lipinski definition) is 0. The third-order valence-electron chi connectivity index (χ3n) is 3.54. The van der Waals surface area contributed by atoms with Gasteiger partial charge in [0.1, 0.15) is 0 Å². The molecule has 1 saturated heterocycles. The molecule has 124 valence electrons. The lowest BCUT2D eigenvalue weighted by Crippen LogP contribution is -2.50. The highest BCUT2D eigenvalue weighted by molar-refractivity contribution is 9.10. The first-order valence-electron chi connectivity index (χ1n) is 7.29. The van der Waals surface area contributed by atoms with Gasteiger partial charge in [0.05, 0.1) is 4.90 Å². The van der Waals surface area contributed by atoms with Crippen LogP contribution in [0, 0.1) is 0 Å². The normalized spacial score (nSPS) is 17.2. The molecular weight excluding hydrogens is 380 g/mol. The molecule has 1 aromatic rings. The van der Waals surface area contributed by atoms with E-state index in [-0.39, 0.29) is 10.8 Å². The van der Waals surface area contributed by atoms with Gasteiger partial charge in [-0.1, -0.05) is 34.2 Å². The van der Waals surface area contributed by atoms with Crippen LogP contribution in [0.1, 0.15) is 6.92 Å². The molecule has 1 aliphatic heterocycles. The summed E-state index contributed by atoms with van der Waals surface area (Å²) >= 11 is 3.29. The van der Waals surface area contributed by atoms with Crippen LogP contribution in [0.15, 0.2) is 57.9 Å². The minimum atomic E-state index is -3.50. The van der Waals surface area contributed by atoms with Crippen molar-refractivity contribution in [3.8, 4) is 0 Å². The fourth-order valence-electron chi connectivity index (χ4n) is 2.26. The molecule has 1 fully saturated rings. The molecule has 0 saturated carbocycles. The molecule has 0 unspecified atom stereocenters. The number of hydrogen-bond acceptors (Lipinski definition) is 3. The first kappa shape index (κ1) is 17.9. The lowest BCUT2D eigenvalue weighted by Gasteiger charge is -2.33. The minimum Gasteiger partial charge on any atom is -0.337 e. The van der Waals surface area contributed by atoms with Gasteiger partial charge >= 0.3 is 0 Å². The van der Waals surface area contributed by atoms with E-state index in [1.807, 2.05) is 13.0 Å². The molecule has 0 bridgehead atoms. The molecule has 1 aromatic carbocycles. The Bertz CT molecular complexity index is 703. The van der Waals surface area contributed by atoms with Crippen molar-refractivity contribution in [3.05, 3.63) is 53.0 Å². The van der Waals surface area contributed by atoms with Gasteiger partial charge in [-0.2, -0.15) is 4.31 Å². The molecule has 1 aliphatic rings. The van der Waals surface area contributed by atoms with Gasteiger partial charge in [0.15, 0.2) is 0 Å². The number of piperazine rings is 1. The van der Waals surface area contributed by atoms with E-state index in [1.165, 1.54) is 10.4 Å². The Hall–Kier alpha value is -1.44. The number of halogens is 1. The summed E-state index contributed by atoms with van der Waals surface area (Å²) < 4.78 is 27.4. The number of rotatable bonds is 4. The van der Waals surface area contributed by atoms with E-state index >= 15 is 0 Å². The zero-order valence-electron chi connectivity index (χ0n) is 12.9. The van der Waals surface area contributed by atoms with Crippen LogP contribution in [-0.4, -0.2) is 49.7 Å². The lowest BCUT2D eigenvalue weighted by molar-refractivity contribution is -0.127. The van der Waals surface area contributed by atoms with Crippen molar-refractivity contribution in [2.75, 3.05) is 26.2 Å². The summed E-state index contributed by atoms with van der Waals surface area (Å²) in [4.78, 5) is 13.9. The molecule has 23 heavy (non-hydrogen) atoms. The maximum Gasteiger partial charge on any atom is 0.246 e. The minimum absolute atomic E-state index is 0.0937. The number of allylic oxidation sites excluding steroid dienone is 3. The number of carbonyl (C=O) groups is 1. The molecular formula is C16H19BrN2O3S. The smallest absolute Gasteiger partial charge is 0.246 e. The molecule has 1 heterocycles. The van der Waals surface area contributed by atoms with E-state index < -0.39 is 10.0 Å². The van der Waals surface area contributed by atoms with Gasteiger partial charge in [-0.15, -0.1) is 0 Å². The van der Waals surface area contributed by atoms with Gasteiger partial charge in [0, 0.05) is 36.7 Å². The van der Waals surface area contributed by atoms with E-state index in [0.717, 1.165) is 4.47 Å². The first-order chi connectivity index (χ1) is 10.9. The highest BCUT2D eigenvalue weighted by Gasteiger charge is 2.29. The van der Waals surface area contributed by atoms with Crippen LogP contribution in [0.4, 0.5) is 0 Å². The van der Waals surface area contributed by atoms with Crippen molar-refractivity contribution in [2.24, 2.45) is 0 Å². The second-order valence-corrected chi connectivity index (χ2v) is 7.92. The SMILES string of the molecule is C/C=C/C=C/C(=O)N1CCN(S(=O)(=O)c2ccc(Br)cc2)CC1. The van der Waals surface area contributed by atoms with Crippen LogP contribution in [0.25, 0.3) is 0 Å². The molecule has 0 aromatic heterocycles. The summed E-state index contributed by atoms with van der Waals surface area (Å²) in [6.07, 6.45) is 6.81. The van der Waals surface area contributed by atoms with Crippen molar-refractivity contribution < 1.29 is 13.2 Å². The zero-order valence-corrected chi connectivity index (χ0v) is 15.3. The Morgan fingerprint density at radius 3 is 2.26 bits per heavy atom. The second kappa shape index (κ2) is 7.90. The standard InChI is InChI=1S/C16H19BrN2O3S/c1-2-3-4-5-16(20)18-10-12-19(13-11-18)23(21,22)15-8-6-14(17)7-9-15/h2-9H,10-13H2,1H3/b3-2+,5-4+. The van der Waals surface area contributed by atoms with Crippen LogP contribution in [0.2, 0.25) is 0 Å². The Morgan fingerprint density at radius 1 is 1.09 bits per heavy atom. The monoisotopic (exact) mass is 398 g/mol. The van der Waals surface area contributed by atoms with E-state index in [4.69, 9.17) is 0 Å². The van der Waals surface area contributed by atoms with Crippen molar-refractivity contribution >= 4 is 31.9 Å². The molecule has 7 heteroatoms. The molecule has 1 amide bonds. The molecule has 0 N–H and O–H groups in total. The predicted molar refractivity (Wildman–Crippen MR) is 93.4 cm³/mol. The fraction of sp³-hybridized carbons (Fsp3) is 0.312. The molecule has 2 rings (SSSR count). The van der Waals surface area contributed by atoms with Gasteiger partial charge < -0.3 is 4.90 Å². The topological polar surface area (TPSA) is 57.7 Å². The maximum atomic E-state index is 12.6. The van der Waals surface area contributed by atoms with Crippen LogP contribution in [0.5, 0.6) is 0 Å². The summed E-state index contributed by atoms with van der Waals surface area (Å²) in [5.74, 6) is -0.0937. The summed E-state index contributed by atoms with van der Waals surface area (Å²) in [6.45, 7) is 3.29. The Morgan fingerprint density at radius 2 is 1.70 bits per heavy atom. The zero-order chi connectivity index (χ0) is 16.9. The third kappa shape index (κ3) is 4.53. The van der Waals surface area contributed by atoms with Crippen LogP contribution in [-0.2, 0) is 14.8 Å². The quantitative estimate of drug-likeness (QED) is 0.577. The fourth-order valence-corrected chi connectivity index (χ4v) is 3.95. The van der Waals surface area contributed by atoms with Crippen molar-refractivity contribution in [2.45, 2.75) is 11.8 Å². The van der Waals surface area contributed by atoms with Crippen LogP contribution >= 0.6 is 15.9 Å². The highest BCUT2D eigenvalue weighted by Crippen LogP contribution is 2.20. The molecule has 0 radical (unpaired) electrons. The predicted octanol–water partition coefficient (Wildman–Crippen LogP) is 2.41. The molecule has 5 nitrogen and oxygen atoms in total. The van der Waals surface area contributed by atoms with E-state index in [9.17, 15) is 13.2 Å². The summed E-state index contributed by atoms with van der Waals surface area (Å²) in [7, 11) is -3.50. The highest BCUT2D eigenvalue weighted by atomic mass is 79.9. The third-order valence-corrected chi connectivity index (χ3v) is 5.99. The second-order valence-electron chi connectivity index (χ2n) is 5.07. The molecule has 0 spiro atoms. The lowest BCUT2D eigenvalue weighted by atomic mass is 10.3. The number of benzene rings is 1. The number of amides is 1. The van der Waals surface area contributed by atoms with Crippen LogP contribution in [0.3, 0.4) is 0 Å². The largest absolute Gasteiger partial charge is 0.337 e. The first-order valence-corrected chi connectivity index (χ1v) is 9.52. The Labute approximate surface area is 145 Å². The summed E-state index contributed by atoms with van der Waals surface area (Å²) in [5, 5.41) is 0. The van der Waals surface area contributed by atoms with Crippen molar-refractivity contribution in [3.63, 3.8) is 0 Å². The van der Waals surface area contributed by atoms with Gasteiger partial charge in [-0.3, -0.25) is 4.79 Å². The Balaban J connectivity index is 2.01. The molecule has 0 aliphatic carbocycles.